The molecule has 1 aliphatic rings. The molecule has 0 heterocycles. The number of phosphoric ester groups is 1. The summed E-state index contributed by atoms with van der Waals surface area (Å²) in [5, 5.41) is 50.2. The molecule has 1 rings (SSSR count). The molecule has 0 aromatic carbocycles. The molecule has 0 saturated heterocycles. The second-order valence-corrected chi connectivity index (χ2v) is 18.4. The van der Waals surface area contributed by atoms with Crippen molar-refractivity contribution in [1.82, 2.24) is 0 Å². The van der Waals surface area contributed by atoms with Crippen LogP contribution in [0.25, 0.3) is 0 Å². The Labute approximate surface area is 380 Å². The Morgan fingerprint density at radius 1 is 0.492 bits per heavy atom. The summed E-state index contributed by atoms with van der Waals surface area (Å²) in [5.74, 6) is -1.16. The first-order valence-corrected chi connectivity index (χ1v) is 25.9. The fourth-order valence-corrected chi connectivity index (χ4v) is 8.15. The van der Waals surface area contributed by atoms with Crippen molar-refractivity contribution in [3.05, 3.63) is 48.6 Å². The molecule has 6 N–H and O–H groups in total. The van der Waals surface area contributed by atoms with Gasteiger partial charge >= 0.3 is 19.8 Å². The maximum absolute atomic E-state index is 12.8. The largest absolute Gasteiger partial charge is 0.472 e. The molecule has 13 nitrogen and oxygen atoms in total. The fourth-order valence-electron chi connectivity index (χ4n) is 7.18. The number of phosphoric acid groups is 1. The van der Waals surface area contributed by atoms with Crippen LogP contribution in [0.3, 0.4) is 0 Å². The highest BCUT2D eigenvalue weighted by Gasteiger charge is 2.51. The van der Waals surface area contributed by atoms with Gasteiger partial charge in [0.1, 0.15) is 43.2 Å². The van der Waals surface area contributed by atoms with Crippen LogP contribution in [0.5, 0.6) is 0 Å². The molecule has 63 heavy (non-hydrogen) atoms. The van der Waals surface area contributed by atoms with Crippen LogP contribution in [0.15, 0.2) is 48.6 Å². The summed E-state index contributed by atoms with van der Waals surface area (Å²) in [7, 11) is -5.13. The molecule has 0 aromatic rings. The van der Waals surface area contributed by atoms with Crippen molar-refractivity contribution < 1.29 is 63.1 Å². The zero-order chi connectivity index (χ0) is 46.4. The Bertz CT molecular complexity index is 1290. The van der Waals surface area contributed by atoms with Crippen LogP contribution in [0.2, 0.25) is 0 Å². The highest BCUT2D eigenvalue weighted by molar-refractivity contribution is 7.47. The molecule has 0 aromatic heterocycles. The maximum atomic E-state index is 12.8. The van der Waals surface area contributed by atoms with Gasteiger partial charge < -0.3 is 39.9 Å². The average molecular weight is 915 g/mol. The summed E-state index contributed by atoms with van der Waals surface area (Å²) in [6, 6.07) is 0. The van der Waals surface area contributed by atoms with Crippen molar-refractivity contribution in [3.8, 4) is 0 Å². The van der Waals surface area contributed by atoms with E-state index in [9.17, 15) is 44.6 Å². The number of hydrogen-bond acceptors (Lipinski definition) is 12. The third kappa shape index (κ3) is 31.4. The highest BCUT2D eigenvalue weighted by atomic mass is 31.2. The molecule has 8 atom stereocenters. The standard InChI is InChI=1S/C49H87O13P/c1-3-5-7-9-11-13-15-17-19-21-23-25-27-29-31-33-35-37-42(50)59-39-41(40-60-63(57,58)62-49-47(55)45(53)44(52)46(54)48(49)56)61-43(51)38-36-34-32-30-28-26-24-22-20-18-16-14-12-10-8-6-4-2/h17-20,23,25,29,31,41,44-49,52-56H,3-16,21-22,24,26-28,30,32-40H2,1-2H3,(H,57,58)/b19-17+,20-18+,25-23+,31-29+/t41-,44?,45-,46?,47?,48?,49?/m0/s1. The lowest BCUT2D eigenvalue weighted by molar-refractivity contribution is -0.220. The predicted molar refractivity (Wildman–Crippen MR) is 249 cm³/mol. The lowest BCUT2D eigenvalue weighted by atomic mass is 9.85. The van der Waals surface area contributed by atoms with E-state index in [0.29, 0.717) is 19.3 Å². The summed E-state index contributed by atoms with van der Waals surface area (Å²) in [6.07, 6.45) is 33.1. The van der Waals surface area contributed by atoms with E-state index in [2.05, 4.69) is 50.3 Å². The van der Waals surface area contributed by atoms with Crippen LogP contribution in [-0.2, 0) is 32.7 Å². The number of hydrogen-bond donors (Lipinski definition) is 6. The van der Waals surface area contributed by atoms with Gasteiger partial charge in [0, 0.05) is 12.8 Å². The van der Waals surface area contributed by atoms with Crippen LogP contribution in [0.4, 0.5) is 0 Å². The highest BCUT2D eigenvalue weighted by Crippen LogP contribution is 2.47. The van der Waals surface area contributed by atoms with Gasteiger partial charge in [-0.2, -0.15) is 0 Å². The average Bonchev–Trinajstić information content (AvgIpc) is 3.26. The topological polar surface area (TPSA) is 210 Å². The Morgan fingerprint density at radius 3 is 1.37 bits per heavy atom. The summed E-state index contributed by atoms with van der Waals surface area (Å²) < 4.78 is 33.5. The number of esters is 2. The molecule has 0 spiro atoms. The molecule has 0 amide bonds. The van der Waals surface area contributed by atoms with E-state index >= 15 is 0 Å². The molecule has 1 fully saturated rings. The molecular formula is C49H87O13P. The molecule has 1 aliphatic carbocycles. The van der Waals surface area contributed by atoms with Gasteiger partial charge in [0.2, 0.25) is 0 Å². The number of aliphatic hydroxyl groups is 5. The second kappa shape index (κ2) is 39.0. The lowest BCUT2D eigenvalue weighted by Crippen LogP contribution is -2.64. The summed E-state index contributed by atoms with van der Waals surface area (Å²) in [6.45, 7) is 3.25. The van der Waals surface area contributed by atoms with Crippen LogP contribution in [0.1, 0.15) is 194 Å². The molecule has 0 radical (unpaired) electrons. The zero-order valence-electron chi connectivity index (χ0n) is 38.9. The first-order chi connectivity index (χ1) is 30.4. The van der Waals surface area contributed by atoms with Gasteiger partial charge in [-0.1, -0.05) is 159 Å². The summed E-state index contributed by atoms with van der Waals surface area (Å²) >= 11 is 0. The van der Waals surface area contributed by atoms with E-state index in [-0.39, 0.29) is 12.8 Å². The monoisotopic (exact) mass is 915 g/mol. The van der Waals surface area contributed by atoms with Crippen molar-refractivity contribution in [2.45, 2.75) is 236 Å². The van der Waals surface area contributed by atoms with E-state index in [1.165, 1.54) is 89.9 Å². The smallest absolute Gasteiger partial charge is 0.462 e. The molecule has 1 saturated carbocycles. The third-order valence-electron chi connectivity index (χ3n) is 11.1. The Hall–Kier alpha value is -2.19. The number of carbonyl (C=O) groups is 2. The minimum absolute atomic E-state index is 0.0805. The van der Waals surface area contributed by atoms with Crippen molar-refractivity contribution >= 4 is 19.8 Å². The van der Waals surface area contributed by atoms with Gasteiger partial charge in [-0.15, -0.1) is 0 Å². The van der Waals surface area contributed by atoms with Crippen molar-refractivity contribution in [2.75, 3.05) is 13.2 Å². The predicted octanol–water partition coefficient (Wildman–Crippen LogP) is 9.95. The summed E-state index contributed by atoms with van der Waals surface area (Å²) in [4.78, 5) is 35.7. The van der Waals surface area contributed by atoms with E-state index in [0.717, 1.165) is 57.8 Å². The Morgan fingerprint density at radius 2 is 0.873 bits per heavy atom. The Balaban J connectivity index is 2.47. The van der Waals surface area contributed by atoms with Crippen LogP contribution in [0, 0.1) is 0 Å². The molecular weight excluding hydrogens is 827 g/mol. The molecule has 0 bridgehead atoms. The molecule has 0 aliphatic heterocycles. The van der Waals surface area contributed by atoms with E-state index < -0.39 is 75.7 Å². The zero-order valence-corrected chi connectivity index (χ0v) is 39.8. The number of ether oxygens (including phenoxy) is 2. The van der Waals surface area contributed by atoms with Gasteiger partial charge in [-0.05, 0) is 70.6 Å². The lowest BCUT2D eigenvalue weighted by Gasteiger charge is -2.41. The van der Waals surface area contributed by atoms with Crippen molar-refractivity contribution in [3.63, 3.8) is 0 Å². The second-order valence-electron chi connectivity index (χ2n) is 17.0. The van der Waals surface area contributed by atoms with Gasteiger partial charge in [0.05, 0.1) is 6.61 Å². The maximum Gasteiger partial charge on any atom is 0.472 e. The van der Waals surface area contributed by atoms with Crippen LogP contribution < -0.4 is 0 Å². The fraction of sp³-hybridized carbons (Fsp3) is 0.796. The van der Waals surface area contributed by atoms with Crippen molar-refractivity contribution in [1.29, 1.82) is 0 Å². The van der Waals surface area contributed by atoms with E-state index in [1.54, 1.807) is 0 Å². The number of carbonyl (C=O) groups excluding carboxylic acids is 2. The summed E-state index contributed by atoms with van der Waals surface area (Å²) in [5.41, 5.74) is 0. The number of rotatable bonds is 40. The quantitative estimate of drug-likeness (QED) is 0.0147. The number of allylic oxidation sites excluding steroid dienone is 8. The number of unbranched alkanes of at least 4 members (excludes halogenated alkanes) is 20. The first-order valence-electron chi connectivity index (χ1n) is 24.4. The number of aliphatic hydroxyl groups excluding tert-OH is 5. The normalized spacial score (nSPS) is 22.1. The van der Waals surface area contributed by atoms with E-state index in [1.807, 2.05) is 12.2 Å². The minimum atomic E-state index is -5.13. The van der Waals surface area contributed by atoms with Crippen LogP contribution >= 0.6 is 7.82 Å². The third-order valence-corrected chi connectivity index (χ3v) is 12.1. The van der Waals surface area contributed by atoms with Crippen molar-refractivity contribution in [2.24, 2.45) is 0 Å². The van der Waals surface area contributed by atoms with Gasteiger partial charge in [0.15, 0.2) is 6.10 Å². The van der Waals surface area contributed by atoms with Gasteiger partial charge in [-0.3, -0.25) is 18.6 Å². The minimum Gasteiger partial charge on any atom is -0.462 e. The Kier molecular flexibility index (Phi) is 36.4. The molecule has 6 unspecified atom stereocenters. The first kappa shape index (κ1) is 58.8. The van der Waals surface area contributed by atoms with Crippen LogP contribution in [-0.4, -0.2) is 98.3 Å². The molecule has 366 valence electrons. The van der Waals surface area contributed by atoms with Gasteiger partial charge in [0.25, 0.3) is 0 Å². The van der Waals surface area contributed by atoms with Gasteiger partial charge in [-0.25, -0.2) is 4.57 Å². The molecule has 14 heteroatoms. The van der Waals surface area contributed by atoms with E-state index in [4.69, 9.17) is 18.5 Å². The SMILES string of the molecule is CCCCCCCC/C=C/C/C=C/C/C=C/CCCC(=O)OC[C@@H](COP(=O)(O)OC1C(O)C(O)C(O)[C@H](O)C1O)OC(=O)CCCCCCCCC/C=C/CCCCCCCC.